The van der Waals surface area contributed by atoms with Crippen molar-refractivity contribution in [3.63, 3.8) is 0 Å². The van der Waals surface area contributed by atoms with Crippen molar-refractivity contribution >= 4 is 23.4 Å². The summed E-state index contributed by atoms with van der Waals surface area (Å²) in [4.78, 5) is 41.1. The van der Waals surface area contributed by atoms with Gasteiger partial charge in [0.15, 0.2) is 17.2 Å². The van der Waals surface area contributed by atoms with Gasteiger partial charge in [0.25, 0.3) is 17.7 Å². The van der Waals surface area contributed by atoms with Crippen molar-refractivity contribution in [1.82, 2.24) is 15.1 Å². The summed E-state index contributed by atoms with van der Waals surface area (Å²) in [6.45, 7) is 4.00. The lowest BCUT2D eigenvalue weighted by Gasteiger charge is -2.20. The van der Waals surface area contributed by atoms with Crippen molar-refractivity contribution in [3.8, 4) is 17.2 Å². The molecular weight excluding hydrogens is 452 g/mol. The van der Waals surface area contributed by atoms with E-state index in [0.29, 0.717) is 17.9 Å². The number of imide groups is 1. The maximum absolute atomic E-state index is 13.1. The van der Waals surface area contributed by atoms with Gasteiger partial charge in [-0.2, -0.15) is 0 Å². The molecule has 0 spiro atoms. The Hall–Kier alpha value is -4.21. The fraction of sp³-hybridized carbons (Fsp3) is 0.320. The summed E-state index contributed by atoms with van der Waals surface area (Å²) in [7, 11) is 3.15. The van der Waals surface area contributed by atoms with Crippen LogP contribution in [0.15, 0.2) is 47.8 Å². The molecule has 2 heterocycles. The number of fused-ring (bicyclic) bond motifs is 1. The minimum atomic E-state index is -0.524. The van der Waals surface area contributed by atoms with Crippen molar-refractivity contribution < 1.29 is 29.0 Å². The Balaban J connectivity index is 1.70. The highest BCUT2D eigenvalue weighted by Gasteiger charge is 2.39. The van der Waals surface area contributed by atoms with E-state index in [1.54, 1.807) is 33.2 Å². The number of hydrogen-bond acceptors (Lipinski definition) is 8. The second-order valence-electron chi connectivity index (χ2n) is 8.35. The number of anilines is 1. The van der Waals surface area contributed by atoms with Gasteiger partial charge in [0.1, 0.15) is 11.4 Å². The SMILES string of the molecule is CC[C@@H](NC1=C(Nc2cccc(C(=O)N(C)C)c2O)C(=O)N(CC)C1=O)c1ccc2c(c1)OCO2. The van der Waals surface area contributed by atoms with Gasteiger partial charge in [0.05, 0.1) is 17.3 Å². The molecule has 3 N–H and O–H groups in total. The predicted molar refractivity (Wildman–Crippen MR) is 128 cm³/mol. The van der Waals surface area contributed by atoms with Gasteiger partial charge in [-0.25, -0.2) is 0 Å². The molecular formula is C25H28N4O6. The molecule has 10 heteroatoms. The Labute approximate surface area is 203 Å². The number of benzene rings is 2. The van der Waals surface area contributed by atoms with Crippen LogP contribution in [-0.2, 0) is 9.59 Å². The second kappa shape index (κ2) is 9.57. The van der Waals surface area contributed by atoms with Crippen LogP contribution in [-0.4, -0.2) is 60.1 Å². The molecule has 4 rings (SSSR count). The molecule has 0 saturated heterocycles. The van der Waals surface area contributed by atoms with Crippen LogP contribution in [0, 0.1) is 0 Å². The largest absolute Gasteiger partial charge is 0.505 e. The van der Waals surface area contributed by atoms with Gasteiger partial charge in [0.2, 0.25) is 6.79 Å². The molecule has 0 unspecified atom stereocenters. The van der Waals surface area contributed by atoms with E-state index in [0.717, 1.165) is 10.5 Å². The number of phenols is 1. The highest BCUT2D eigenvalue weighted by molar-refractivity contribution is 6.20. The summed E-state index contributed by atoms with van der Waals surface area (Å²) in [6.07, 6.45) is 0.613. The predicted octanol–water partition coefficient (Wildman–Crippen LogP) is 2.58. The quantitative estimate of drug-likeness (QED) is 0.390. The number of likely N-dealkylation sites (N-methyl/N-ethyl adjacent to an activating group) is 1. The molecule has 3 amide bonds. The van der Waals surface area contributed by atoms with Crippen LogP contribution < -0.4 is 20.1 Å². The lowest BCUT2D eigenvalue weighted by Crippen LogP contribution is -2.34. The molecule has 0 aliphatic carbocycles. The van der Waals surface area contributed by atoms with E-state index in [1.807, 2.05) is 19.1 Å². The summed E-state index contributed by atoms with van der Waals surface area (Å²) >= 11 is 0. The van der Waals surface area contributed by atoms with Crippen LogP contribution in [0.5, 0.6) is 17.2 Å². The van der Waals surface area contributed by atoms with Gasteiger partial charge in [-0.15, -0.1) is 0 Å². The van der Waals surface area contributed by atoms with E-state index < -0.39 is 17.7 Å². The number of nitrogens with zero attached hydrogens (tertiary/aromatic N) is 2. The fourth-order valence-corrected chi connectivity index (χ4v) is 4.03. The van der Waals surface area contributed by atoms with Gasteiger partial charge >= 0.3 is 0 Å². The van der Waals surface area contributed by atoms with E-state index in [9.17, 15) is 19.5 Å². The summed E-state index contributed by atoms with van der Waals surface area (Å²) in [5, 5.41) is 16.9. The van der Waals surface area contributed by atoms with Gasteiger partial charge in [0, 0.05) is 20.6 Å². The fourth-order valence-electron chi connectivity index (χ4n) is 4.03. The topological polar surface area (TPSA) is 120 Å². The number of carbonyl (C=O) groups is 3. The van der Waals surface area contributed by atoms with Crippen molar-refractivity contribution in [2.75, 3.05) is 32.7 Å². The van der Waals surface area contributed by atoms with Gasteiger partial charge in [-0.3, -0.25) is 19.3 Å². The molecule has 35 heavy (non-hydrogen) atoms. The number of amides is 3. The van der Waals surface area contributed by atoms with Crippen molar-refractivity contribution in [1.29, 1.82) is 0 Å². The molecule has 2 aromatic rings. The van der Waals surface area contributed by atoms with Gasteiger partial charge < -0.3 is 30.1 Å². The first-order valence-electron chi connectivity index (χ1n) is 11.3. The second-order valence-corrected chi connectivity index (χ2v) is 8.35. The smallest absolute Gasteiger partial charge is 0.279 e. The number of hydrogen-bond donors (Lipinski definition) is 3. The number of ether oxygens (including phenoxy) is 2. The standard InChI is InChI=1S/C25H28N4O6/c1-5-16(14-10-11-18-19(12-14)35-13-34-18)26-20-21(25(33)29(6-2)24(20)32)27-17-9-7-8-15(22(17)30)23(31)28(3)4/h7-12,16,26-27,30H,5-6,13H2,1-4H3/t16-/m1/s1. The molecule has 2 aromatic carbocycles. The van der Waals surface area contributed by atoms with Crippen LogP contribution >= 0.6 is 0 Å². The van der Waals surface area contributed by atoms with Crippen LogP contribution in [0.2, 0.25) is 0 Å². The van der Waals surface area contributed by atoms with Crippen LogP contribution in [0.4, 0.5) is 5.69 Å². The van der Waals surface area contributed by atoms with E-state index in [2.05, 4.69) is 10.6 Å². The molecule has 0 saturated carbocycles. The van der Waals surface area contributed by atoms with Crippen molar-refractivity contribution in [2.45, 2.75) is 26.3 Å². The molecule has 0 aromatic heterocycles. The molecule has 1 atom stereocenters. The third kappa shape index (κ3) is 4.34. The van der Waals surface area contributed by atoms with Crippen LogP contribution in [0.25, 0.3) is 0 Å². The highest BCUT2D eigenvalue weighted by Crippen LogP contribution is 2.36. The molecule has 2 aliphatic heterocycles. The monoisotopic (exact) mass is 480 g/mol. The average Bonchev–Trinajstić information content (AvgIpc) is 3.40. The molecule has 2 aliphatic rings. The molecule has 10 nitrogen and oxygen atoms in total. The van der Waals surface area contributed by atoms with E-state index in [-0.39, 0.29) is 47.8 Å². The van der Waals surface area contributed by atoms with Gasteiger partial charge in [-0.05, 0) is 43.2 Å². The zero-order chi connectivity index (χ0) is 25.3. The maximum Gasteiger partial charge on any atom is 0.279 e. The van der Waals surface area contributed by atoms with E-state index in [4.69, 9.17) is 9.47 Å². The van der Waals surface area contributed by atoms with Crippen LogP contribution in [0.3, 0.4) is 0 Å². The van der Waals surface area contributed by atoms with Crippen molar-refractivity contribution in [3.05, 3.63) is 58.9 Å². The molecule has 0 fully saturated rings. The normalized spacial score (nSPS) is 15.5. The van der Waals surface area contributed by atoms with Crippen molar-refractivity contribution in [2.24, 2.45) is 0 Å². The third-order valence-corrected chi connectivity index (χ3v) is 5.94. The zero-order valence-corrected chi connectivity index (χ0v) is 20.0. The third-order valence-electron chi connectivity index (χ3n) is 5.94. The molecule has 0 radical (unpaired) electrons. The highest BCUT2D eigenvalue weighted by atomic mass is 16.7. The van der Waals surface area contributed by atoms with E-state index in [1.165, 1.54) is 17.0 Å². The summed E-state index contributed by atoms with van der Waals surface area (Å²) < 4.78 is 10.9. The Bertz CT molecular complexity index is 1220. The first-order chi connectivity index (χ1) is 16.8. The van der Waals surface area contributed by atoms with Crippen LogP contribution in [0.1, 0.15) is 42.2 Å². The lowest BCUT2D eigenvalue weighted by atomic mass is 10.0. The number of phenolic OH excluding ortho intramolecular Hbond substituents is 1. The Morgan fingerprint density at radius 3 is 2.49 bits per heavy atom. The summed E-state index contributed by atoms with van der Waals surface area (Å²) in [5.74, 6) is -0.431. The maximum atomic E-state index is 13.1. The minimum absolute atomic E-state index is 0.000736. The first kappa shape index (κ1) is 23.9. The average molecular weight is 481 g/mol. The molecule has 0 bridgehead atoms. The lowest BCUT2D eigenvalue weighted by molar-refractivity contribution is -0.137. The van der Waals surface area contributed by atoms with Gasteiger partial charge in [-0.1, -0.05) is 19.1 Å². The Morgan fingerprint density at radius 2 is 1.80 bits per heavy atom. The summed E-state index contributed by atoms with van der Waals surface area (Å²) in [5.41, 5.74) is 1.17. The number of carbonyl (C=O) groups excluding carboxylic acids is 3. The number of aromatic hydroxyl groups is 1. The number of nitrogens with one attached hydrogen (secondary N) is 2. The first-order valence-corrected chi connectivity index (χ1v) is 11.3. The zero-order valence-electron chi connectivity index (χ0n) is 20.0. The Morgan fingerprint density at radius 1 is 1.09 bits per heavy atom. The number of para-hydroxylation sites is 1. The Kier molecular flexibility index (Phi) is 6.54. The molecule has 184 valence electrons. The minimum Gasteiger partial charge on any atom is -0.505 e. The number of rotatable bonds is 8. The van der Waals surface area contributed by atoms with E-state index >= 15 is 0 Å². The summed E-state index contributed by atoms with van der Waals surface area (Å²) in [6, 6.07) is 9.84.